The van der Waals surface area contributed by atoms with Crippen LogP contribution < -0.4 is 5.19 Å². The van der Waals surface area contributed by atoms with Crippen LogP contribution >= 0.6 is 0 Å². The predicted molar refractivity (Wildman–Crippen MR) is 270 cm³/mol. The Hall–Kier alpha value is -5.46. The summed E-state index contributed by atoms with van der Waals surface area (Å²) in [5.41, 5.74) is 13.8. The number of nitrogens with zero attached hydrogens (tertiary/aromatic N) is 4. The van der Waals surface area contributed by atoms with Crippen LogP contribution in [0.25, 0.3) is 72.6 Å². The first kappa shape index (κ1) is 46.1. The molecular formula is C58H60IrN4OSi-2. The molecule has 1 aliphatic carbocycles. The van der Waals surface area contributed by atoms with Crippen LogP contribution in [0.2, 0.25) is 19.6 Å². The molecule has 0 aliphatic heterocycles. The number of rotatable bonds is 8. The van der Waals surface area contributed by atoms with E-state index in [-0.39, 0.29) is 25.5 Å². The van der Waals surface area contributed by atoms with Crippen molar-refractivity contribution in [2.75, 3.05) is 0 Å². The Labute approximate surface area is 400 Å². The zero-order valence-electron chi connectivity index (χ0n) is 39.1. The average molecular weight is 1050 g/mol. The molecular weight excluding hydrogens is 989 g/mol. The summed E-state index contributed by atoms with van der Waals surface area (Å²) in [5, 5.41) is 3.57. The van der Waals surface area contributed by atoms with Crippen LogP contribution in [0, 0.1) is 18.1 Å². The Kier molecular flexibility index (Phi) is 13.6. The molecule has 0 atom stereocenters. The van der Waals surface area contributed by atoms with Crippen LogP contribution in [0.1, 0.15) is 89.5 Å². The van der Waals surface area contributed by atoms with E-state index in [0.717, 1.165) is 73.4 Å². The SMILES string of the molecule is CC(C)(C)c1ccc(-n2c(-c3[c-]ccc4c3oc3nc(C5CCCCC5)ccc34)nc3ccccc32)c(-c2ccccc2)c1.CC(C)Cc1cc(-c2[c-]cccc2)ncc1[Si](C)(C)C.[Ir]. The smallest absolute Gasteiger partial charge is 0.216 e. The molecule has 0 amide bonds. The molecule has 10 rings (SSSR count). The molecule has 1 saturated carbocycles. The Morgan fingerprint density at radius 2 is 1.52 bits per heavy atom. The average Bonchev–Trinajstić information content (AvgIpc) is 3.87. The first-order valence-electron chi connectivity index (χ1n) is 23.2. The van der Waals surface area contributed by atoms with Crippen molar-refractivity contribution in [3.8, 4) is 39.5 Å². The molecule has 1 fully saturated rings. The molecule has 0 saturated heterocycles. The zero-order chi connectivity index (χ0) is 44.6. The van der Waals surface area contributed by atoms with Crippen molar-refractivity contribution in [3.05, 3.63) is 163 Å². The van der Waals surface area contributed by atoms with Gasteiger partial charge in [0.05, 0.1) is 30.5 Å². The summed E-state index contributed by atoms with van der Waals surface area (Å²) >= 11 is 0. The Balaban J connectivity index is 0.000000232. The minimum atomic E-state index is -1.34. The van der Waals surface area contributed by atoms with Gasteiger partial charge in [-0.1, -0.05) is 145 Å². The minimum Gasteiger partial charge on any atom is -0.486 e. The molecule has 65 heavy (non-hydrogen) atoms. The van der Waals surface area contributed by atoms with Gasteiger partial charge in [0, 0.05) is 54.6 Å². The number of furan rings is 1. The van der Waals surface area contributed by atoms with E-state index in [1.807, 2.05) is 30.3 Å². The summed E-state index contributed by atoms with van der Waals surface area (Å²) in [7, 11) is -1.34. The van der Waals surface area contributed by atoms with Crippen molar-refractivity contribution in [2.45, 2.75) is 104 Å². The van der Waals surface area contributed by atoms with Gasteiger partial charge >= 0.3 is 0 Å². The largest absolute Gasteiger partial charge is 0.486 e. The molecule has 0 bridgehead atoms. The zero-order valence-corrected chi connectivity index (χ0v) is 42.5. The van der Waals surface area contributed by atoms with E-state index in [9.17, 15) is 0 Å². The third-order valence-electron chi connectivity index (χ3n) is 12.7. The molecule has 4 aromatic heterocycles. The van der Waals surface area contributed by atoms with Gasteiger partial charge in [0.2, 0.25) is 5.71 Å². The standard InChI is InChI=1S/C40H36N3O.C18H24NSi.Ir/c1-40(2,3)28-21-24-35(32(25-28)26-13-6-4-7-14-26)43-36-20-11-10-19-34(36)41-38(43)31-18-12-17-29-30-22-23-33(27-15-8-5-9-16-27)42-39(30)44-37(29)31;1-14(2)11-16-12-17(15-9-7-6-8-10-15)19-13-18(16)20(3,4)5;/h4,6-7,10-14,17,19-25,27H,5,8-9,15-16H2,1-3H3;6-9,12-14H,11H2,1-5H3;/q2*-1;. The number of pyridine rings is 2. The van der Waals surface area contributed by atoms with Gasteiger partial charge in [0.15, 0.2) is 0 Å². The molecule has 333 valence electrons. The Morgan fingerprint density at radius 3 is 2.25 bits per heavy atom. The fourth-order valence-corrected chi connectivity index (χ4v) is 11.0. The van der Waals surface area contributed by atoms with Crippen LogP contribution in [-0.2, 0) is 31.9 Å². The van der Waals surface area contributed by atoms with Crippen molar-refractivity contribution in [1.29, 1.82) is 0 Å². The van der Waals surface area contributed by atoms with Crippen LogP contribution in [-0.4, -0.2) is 27.6 Å². The van der Waals surface area contributed by atoms with Crippen LogP contribution in [0.15, 0.2) is 138 Å². The third kappa shape index (κ3) is 9.75. The number of benzene rings is 5. The monoisotopic (exact) mass is 1050 g/mol. The molecule has 0 N–H and O–H groups in total. The van der Waals surface area contributed by atoms with E-state index in [1.54, 1.807) is 0 Å². The maximum atomic E-state index is 6.64. The van der Waals surface area contributed by atoms with E-state index in [0.29, 0.717) is 17.5 Å². The second-order valence-corrected chi connectivity index (χ2v) is 25.1. The molecule has 1 aliphatic rings. The maximum Gasteiger partial charge on any atom is 0.216 e. The van der Waals surface area contributed by atoms with E-state index in [4.69, 9.17) is 14.4 Å². The topological polar surface area (TPSA) is 56.7 Å². The number of fused-ring (bicyclic) bond motifs is 4. The minimum absolute atomic E-state index is 0. The van der Waals surface area contributed by atoms with E-state index < -0.39 is 8.07 Å². The fraction of sp³-hybridized carbons (Fsp3) is 0.293. The van der Waals surface area contributed by atoms with Crippen molar-refractivity contribution in [3.63, 3.8) is 0 Å². The predicted octanol–water partition coefficient (Wildman–Crippen LogP) is 15.1. The molecule has 1 radical (unpaired) electrons. The summed E-state index contributed by atoms with van der Waals surface area (Å²) in [6.45, 7) is 18.5. The van der Waals surface area contributed by atoms with E-state index in [1.165, 1.54) is 54.0 Å². The number of hydrogen-bond acceptors (Lipinski definition) is 4. The molecule has 0 spiro atoms. The normalized spacial score (nSPS) is 13.6. The van der Waals surface area contributed by atoms with Gasteiger partial charge in [-0.3, -0.25) is 4.98 Å². The van der Waals surface area contributed by atoms with Gasteiger partial charge in [0.25, 0.3) is 0 Å². The Bertz CT molecular complexity index is 3060. The molecule has 4 heterocycles. The summed E-state index contributed by atoms with van der Waals surface area (Å²) < 4.78 is 8.92. The van der Waals surface area contributed by atoms with Crippen molar-refractivity contribution in [1.82, 2.24) is 19.5 Å². The van der Waals surface area contributed by atoms with Crippen molar-refractivity contribution in [2.24, 2.45) is 5.92 Å². The van der Waals surface area contributed by atoms with E-state index >= 15 is 0 Å². The van der Waals surface area contributed by atoms with Gasteiger partial charge in [-0.2, -0.15) is 0 Å². The third-order valence-corrected chi connectivity index (χ3v) is 14.8. The first-order valence-corrected chi connectivity index (χ1v) is 26.7. The second-order valence-electron chi connectivity index (χ2n) is 20.1. The van der Waals surface area contributed by atoms with Gasteiger partial charge in [-0.15, -0.1) is 54.1 Å². The van der Waals surface area contributed by atoms with Gasteiger partial charge in [0.1, 0.15) is 0 Å². The second kappa shape index (κ2) is 19.2. The van der Waals surface area contributed by atoms with E-state index in [2.05, 4.69) is 179 Å². The van der Waals surface area contributed by atoms with Gasteiger partial charge in [-0.25, -0.2) is 4.98 Å². The fourth-order valence-electron chi connectivity index (χ4n) is 9.39. The van der Waals surface area contributed by atoms with Gasteiger partial charge < -0.3 is 14.0 Å². The van der Waals surface area contributed by atoms with Gasteiger partial charge in [-0.05, 0) is 89.0 Å². The number of para-hydroxylation sites is 2. The molecule has 5 nitrogen and oxygen atoms in total. The summed E-state index contributed by atoms with van der Waals surface area (Å²) in [4.78, 5) is 15.0. The summed E-state index contributed by atoms with van der Waals surface area (Å²) in [6.07, 6.45) is 9.54. The summed E-state index contributed by atoms with van der Waals surface area (Å²) in [6, 6.07) is 51.5. The van der Waals surface area contributed by atoms with Crippen LogP contribution in [0.4, 0.5) is 0 Å². The van der Waals surface area contributed by atoms with Crippen LogP contribution in [0.3, 0.4) is 0 Å². The Morgan fingerprint density at radius 1 is 0.769 bits per heavy atom. The molecule has 5 aromatic carbocycles. The molecule has 7 heteroatoms. The number of aromatic nitrogens is 4. The first-order chi connectivity index (χ1) is 30.8. The molecule has 0 unspecified atom stereocenters. The number of hydrogen-bond donors (Lipinski definition) is 0. The van der Waals surface area contributed by atoms with Crippen molar-refractivity contribution < 1.29 is 24.5 Å². The summed E-state index contributed by atoms with van der Waals surface area (Å²) in [5.74, 6) is 1.99. The maximum absolute atomic E-state index is 6.64. The molecule has 9 aromatic rings. The van der Waals surface area contributed by atoms with Crippen molar-refractivity contribution >= 4 is 46.4 Å². The van der Waals surface area contributed by atoms with Crippen LogP contribution in [0.5, 0.6) is 0 Å². The number of imidazole rings is 1. The quantitative estimate of drug-likeness (QED) is 0.112.